The predicted octanol–water partition coefficient (Wildman–Crippen LogP) is 3.27. The summed E-state index contributed by atoms with van der Waals surface area (Å²) >= 11 is 0. The number of nitro groups is 1. The van der Waals surface area contributed by atoms with Gasteiger partial charge < -0.3 is 10.6 Å². The van der Waals surface area contributed by atoms with Crippen molar-refractivity contribution in [3.63, 3.8) is 0 Å². The van der Waals surface area contributed by atoms with Gasteiger partial charge in [0.25, 0.3) is 0 Å². The van der Waals surface area contributed by atoms with E-state index in [0.29, 0.717) is 17.6 Å². The molecule has 1 aromatic rings. The minimum atomic E-state index is -0.408. The van der Waals surface area contributed by atoms with Gasteiger partial charge in [-0.2, -0.15) is 0 Å². The fourth-order valence-electron chi connectivity index (χ4n) is 2.17. The van der Waals surface area contributed by atoms with Crippen LogP contribution in [-0.2, 0) is 0 Å². The average molecular weight is 266 g/mol. The molecule has 6 nitrogen and oxygen atoms in total. The highest BCUT2D eigenvalue weighted by molar-refractivity contribution is 5.60. The number of hydrogen-bond donors (Lipinski definition) is 2. The van der Waals surface area contributed by atoms with Crippen LogP contribution in [0.3, 0.4) is 0 Å². The van der Waals surface area contributed by atoms with E-state index in [1.54, 1.807) is 13.1 Å². The lowest BCUT2D eigenvalue weighted by atomic mass is 9.95. The van der Waals surface area contributed by atoms with Crippen molar-refractivity contribution in [1.82, 2.24) is 4.98 Å². The summed E-state index contributed by atoms with van der Waals surface area (Å²) in [5.74, 6) is 1.42. The van der Waals surface area contributed by atoms with Gasteiger partial charge in [0.05, 0.1) is 4.92 Å². The fraction of sp³-hybridized carbons (Fsp3) is 0.615. The minimum Gasteiger partial charge on any atom is -0.373 e. The number of aromatic nitrogens is 1. The molecule has 1 unspecified atom stereocenters. The van der Waals surface area contributed by atoms with Gasteiger partial charge in [-0.05, 0) is 18.9 Å². The van der Waals surface area contributed by atoms with Crippen molar-refractivity contribution < 1.29 is 4.92 Å². The van der Waals surface area contributed by atoms with Gasteiger partial charge in [0, 0.05) is 19.2 Å². The molecule has 1 atom stereocenters. The minimum absolute atomic E-state index is 0.0109. The smallest absolute Gasteiger partial charge is 0.311 e. The molecule has 0 aliphatic rings. The molecule has 0 spiro atoms. The van der Waals surface area contributed by atoms with Gasteiger partial charge in [-0.25, -0.2) is 4.98 Å². The Hall–Kier alpha value is -1.85. The molecule has 0 aliphatic heterocycles. The Bertz CT molecular complexity index is 433. The molecule has 1 rings (SSSR count). The maximum absolute atomic E-state index is 11.0. The van der Waals surface area contributed by atoms with Gasteiger partial charge in [-0.1, -0.05) is 26.7 Å². The first kappa shape index (κ1) is 15.2. The molecule has 2 N–H and O–H groups in total. The first-order valence-corrected chi connectivity index (χ1v) is 6.63. The molecule has 0 amide bonds. The fourth-order valence-corrected chi connectivity index (χ4v) is 2.17. The van der Waals surface area contributed by atoms with Crippen molar-refractivity contribution in [2.75, 3.05) is 17.7 Å². The van der Waals surface area contributed by atoms with Crippen LogP contribution in [0.4, 0.5) is 17.3 Å². The topological polar surface area (TPSA) is 80.1 Å². The largest absolute Gasteiger partial charge is 0.373 e. The van der Waals surface area contributed by atoms with Gasteiger partial charge in [0.2, 0.25) is 5.82 Å². The Labute approximate surface area is 113 Å². The zero-order valence-corrected chi connectivity index (χ0v) is 11.9. The van der Waals surface area contributed by atoms with Gasteiger partial charge in [0.1, 0.15) is 5.82 Å². The Kier molecular flexibility index (Phi) is 5.54. The second-order valence-corrected chi connectivity index (χ2v) is 4.58. The highest BCUT2D eigenvalue weighted by Gasteiger charge is 2.20. The van der Waals surface area contributed by atoms with E-state index in [4.69, 9.17) is 0 Å². The highest BCUT2D eigenvalue weighted by Crippen LogP contribution is 2.26. The number of nitrogens with zero attached hydrogens (tertiary/aromatic N) is 2. The zero-order chi connectivity index (χ0) is 14.4. The van der Waals surface area contributed by atoms with E-state index >= 15 is 0 Å². The summed E-state index contributed by atoms with van der Waals surface area (Å²) in [6, 6.07) is 3.22. The van der Waals surface area contributed by atoms with Gasteiger partial charge in [0.15, 0.2) is 0 Å². The average Bonchev–Trinajstić information content (AvgIpc) is 2.39. The first-order chi connectivity index (χ1) is 9.03. The van der Waals surface area contributed by atoms with E-state index in [9.17, 15) is 10.1 Å². The van der Waals surface area contributed by atoms with Crippen molar-refractivity contribution in [3.8, 4) is 0 Å². The molecule has 106 valence electrons. The van der Waals surface area contributed by atoms with Crippen LogP contribution < -0.4 is 10.6 Å². The molecule has 0 saturated heterocycles. The third-order valence-electron chi connectivity index (χ3n) is 3.45. The summed E-state index contributed by atoms with van der Waals surface area (Å²) < 4.78 is 0. The number of anilines is 2. The van der Waals surface area contributed by atoms with Crippen LogP contribution in [0.1, 0.15) is 33.6 Å². The van der Waals surface area contributed by atoms with E-state index in [1.807, 2.05) is 6.92 Å². The van der Waals surface area contributed by atoms with Crippen molar-refractivity contribution in [3.05, 3.63) is 22.2 Å². The molecule has 0 saturated carbocycles. The van der Waals surface area contributed by atoms with E-state index < -0.39 is 4.92 Å². The van der Waals surface area contributed by atoms with E-state index in [-0.39, 0.29) is 11.7 Å². The number of rotatable bonds is 7. The van der Waals surface area contributed by atoms with E-state index in [0.717, 1.165) is 12.8 Å². The third kappa shape index (κ3) is 3.81. The molecular formula is C13H22N4O2. The Morgan fingerprint density at radius 1 is 1.37 bits per heavy atom. The maximum atomic E-state index is 11.0. The monoisotopic (exact) mass is 266 g/mol. The second kappa shape index (κ2) is 6.92. The molecule has 0 aromatic carbocycles. The summed E-state index contributed by atoms with van der Waals surface area (Å²) in [6.45, 7) is 6.28. The van der Waals surface area contributed by atoms with E-state index in [1.165, 1.54) is 6.07 Å². The Morgan fingerprint density at radius 3 is 2.47 bits per heavy atom. The molecule has 19 heavy (non-hydrogen) atoms. The van der Waals surface area contributed by atoms with Gasteiger partial charge >= 0.3 is 5.69 Å². The first-order valence-electron chi connectivity index (χ1n) is 6.63. The molecule has 0 aliphatic carbocycles. The van der Waals surface area contributed by atoms with Crippen molar-refractivity contribution in [2.24, 2.45) is 5.92 Å². The Morgan fingerprint density at radius 2 is 2.00 bits per heavy atom. The van der Waals surface area contributed by atoms with Crippen molar-refractivity contribution in [1.29, 1.82) is 0 Å². The van der Waals surface area contributed by atoms with Crippen LogP contribution in [0, 0.1) is 16.0 Å². The summed E-state index contributed by atoms with van der Waals surface area (Å²) in [5.41, 5.74) is 0.0109. The highest BCUT2D eigenvalue weighted by atomic mass is 16.6. The lowest BCUT2D eigenvalue weighted by Gasteiger charge is -2.23. The third-order valence-corrected chi connectivity index (χ3v) is 3.45. The summed E-state index contributed by atoms with van der Waals surface area (Å²) in [5, 5.41) is 17.1. The van der Waals surface area contributed by atoms with Crippen LogP contribution in [0.2, 0.25) is 0 Å². The predicted molar refractivity (Wildman–Crippen MR) is 77.6 cm³/mol. The van der Waals surface area contributed by atoms with Crippen LogP contribution in [0.15, 0.2) is 12.1 Å². The molecule has 0 radical (unpaired) electrons. The molecule has 1 aromatic heterocycles. The second-order valence-electron chi connectivity index (χ2n) is 4.58. The number of nitrogens with one attached hydrogen (secondary N) is 2. The van der Waals surface area contributed by atoms with E-state index in [2.05, 4.69) is 29.5 Å². The molecule has 0 bridgehead atoms. The number of hydrogen-bond acceptors (Lipinski definition) is 5. The summed E-state index contributed by atoms with van der Waals surface area (Å²) in [6.07, 6.45) is 2.06. The lowest BCUT2D eigenvalue weighted by molar-refractivity contribution is -0.384. The molecule has 0 fully saturated rings. The quantitative estimate of drug-likeness (QED) is 0.585. The van der Waals surface area contributed by atoms with Crippen LogP contribution in [-0.4, -0.2) is 23.0 Å². The maximum Gasteiger partial charge on any atom is 0.311 e. The summed E-state index contributed by atoms with van der Waals surface area (Å²) in [7, 11) is 1.74. The normalized spacial score (nSPS) is 12.3. The lowest BCUT2D eigenvalue weighted by Crippen LogP contribution is -2.26. The van der Waals surface area contributed by atoms with Crippen LogP contribution >= 0.6 is 0 Å². The Balaban J connectivity index is 3.00. The SMILES string of the molecule is CCC(CC)C(C)Nc1nc(NC)ccc1[N+](=O)[O-]. The number of pyridine rings is 1. The van der Waals surface area contributed by atoms with Gasteiger partial charge in [-0.15, -0.1) is 0 Å². The standard InChI is InChI=1S/C13H22N4O2/c1-5-10(6-2)9(3)15-13-11(17(18)19)7-8-12(14-4)16-13/h7-10H,5-6H2,1-4H3,(H2,14,15,16). The zero-order valence-electron chi connectivity index (χ0n) is 11.9. The van der Waals surface area contributed by atoms with Crippen molar-refractivity contribution in [2.45, 2.75) is 39.7 Å². The van der Waals surface area contributed by atoms with Crippen LogP contribution in [0.25, 0.3) is 0 Å². The molecule has 6 heteroatoms. The molecular weight excluding hydrogens is 244 g/mol. The van der Waals surface area contributed by atoms with Crippen LogP contribution in [0.5, 0.6) is 0 Å². The summed E-state index contributed by atoms with van der Waals surface area (Å²) in [4.78, 5) is 14.8. The molecule has 1 heterocycles. The van der Waals surface area contributed by atoms with Gasteiger partial charge in [-0.3, -0.25) is 10.1 Å². The van der Waals surface area contributed by atoms with Crippen molar-refractivity contribution >= 4 is 17.3 Å².